The number of hydrogen-bond acceptors (Lipinski definition) is 5. The summed E-state index contributed by atoms with van der Waals surface area (Å²) < 4.78 is 17.0. The summed E-state index contributed by atoms with van der Waals surface area (Å²) in [6.07, 6.45) is 9.70. The molecule has 1 unspecified atom stereocenters. The van der Waals surface area contributed by atoms with Crippen molar-refractivity contribution < 1.29 is 18.7 Å². The van der Waals surface area contributed by atoms with E-state index in [-0.39, 0.29) is 17.5 Å². The molecule has 0 amide bonds. The summed E-state index contributed by atoms with van der Waals surface area (Å²) in [5.41, 5.74) is 3.30. The third kappa shape index (κ3) is 2.11. The standard InChI is InChI=1S/C19H17NO4/c1-3-12(2)13-4-5-15-14(6-7-19(15)23-8-9-24-19)17(13)18(21)16-10-20-11-22-16/h1,4-5,10-12H,6-9H2,2H3. The van der Waals surface area contributed by atoms with Crippen LogP contribution in [0, 0.1) is 12.3 Å². The summed E-state index contributed by atoms with van der Waals surface area (Å²) in [5, 5.41) is 0. The number of carbonyl (C=O) groups excluding carboxylic acids is 1. The number of carbonyl (C=O) groups is 1. The topological polar surface area (TPSA) is 61.6 Å². The summed E-state index contributed by atoms with van der Waals surface area (Å²) >= 11 is 0. The summed E-state index contributed by atoms with van der Waals surface area (Å²) in [4.78, 5) is 16.9. The molecule has 2 aliphatic rings. The second-order valence-electron chi connectivity index (χ2n) is 6.09. The molecule has 1 aromatic carbocycles. The van der Waals surface area contributed by atoms with Crippen molar-refractivity contribution in [2.24, 2.45) is 0 Å². The van der Waals surface area contributed by atoms with Crippen LogP contribution in [0.25, 0.3) is 0 Å². The predicted molar refractivity (Wildman–Crippen MR) is 85.5 cm³/mol. The van der Waals surface area contributed by atoms with Crippen molar-refractivity contribution in [2.75, 3.05) is 13.2 Å². The van der Waals surface area contributed by atoms with Crippen molar-refractivity contribution in [1.82, 2.24) is 4.98 Å². The normalized spacial score (nSPS) is 19.2. The Labute approximate surface area is 140 Å². The average molecular weight is 323 g/mol. The molecule has 0 saturated carbocycles. The molecule has 1 atom stereocenters. The Morgan fingerprint density at radius 2 is 2.17 bits per heavy atom. The number of nitrogens with zero attached hydrogens (tertiary/aromatic N) is 1. The van der Waals surface area contributed by atoms with Crippen LogP contribution in [0.3, 0.4) is 0 Å². The van der Waals surface area contributed by atoms with E-state index < -0.39 is 5.79 Å². The number of ether oxygens (including phenoxy) is 2. The highest BCUT2D eigenvalue weighted by Crippen LogP contribution is 2.46. The van der Waals surface area contributed by atoms with Crippen LogP contribution in [0.1, 0.15) is 52.1 Å². The maximum atomic E-state index is 13.0. The van der Waals surface area contributed by atoms with Gasteiger partial charge in [0, 0.05) is 23.5 Å². The molecule has 1 aromatic heterocycles. The minimum atomic E-state index is -0.719. The van der Waals surface area contributed by atoms with E-state index in [2.05, 4.69) is 10.9 Å². The summed E-state index contributed by atoms with van der Waals surface area (Å²) in [6, 6.07) is 3.89. The molecule has 2 heterocycles. The Bertz CT molecular complexity index is 826. The lowest BCUT2D eigenvalue weighted by atomic mass is 9.87. The van der Waals surface area contributed by atoms with Crippen LogP contribution in [0.15, 0.2) is 29.1 Å². The molecule has 1 saturated heterocycles. The Kier molecular flexibility index (Phi) is 3.52. The first-order chi connectivity index (χ1) is 11.7. The fraction of sp³-hybridized carbons (Fsp3) is 0.368. The lowest BCUT2D eigenvalue weighted by Gasteiger charge is -2.24. The molecule has 1 aliphatic carbocycles. The monoisotopic (exact) mass is 323 g/mol. The van der Waals surface area contributed by atoms with Gasteiger partial charge >= 0.3 is 0 Å². The van der Waals surface area contributed by atoms with Crippen molar-refractivity contribution in [3.63, 3.8) is 0 Å². The van der Waals surface area contributed by atoms with E-state index in [0.717, 1.165) is 16.7 Å². The fourth-order valence-electron chi connectivity index (χ4n) is 3.63. The zero-order valence-electron chi connectivity index (χ0n) is 13.4. The highest BCUT2D eigenvalue weighted by molar-refractivity contribution is 6.09. The number of fused-ring (bicyclic) bond motifs is 2. The van der Waals surface area contributed by atoms with E-state index in [0.29, 0.717) is 31.6 Å². The van der Waals surface area contributed by atoms with Crippen molar-refractivity contribution in [3.05, 3.63) is 52.7 Å². The van der Waals surface area contributed by atoms with E-state index in [4.69, 9.17) is 20.3 Å². The number of benzene rings is 1. The van der Waals surface area contributed by atoms with Crippen molar-refractivity contribution in [2.45, 2.75) is 31.5 Å². The maximum Gasteiger partial charge on any atom is 0.230 e. The lowest BCUT2D eigenvalue weighted by molar-refractivity contribution is -0.163. The highest BCUT2D eigenvalue weighted by Gasteiger charge is 2.46. The van der Waals surface area contributed by atoms with Crippen LogP contribution < -0.4 is 0 Å². The smallest absolute Gasteiger partial charge is 0.230 e. The Morgan fingerprint density at radius 3 is 2.83 bits per heavy atom. The predicted octanol–water partition coefficient (Wildman–Crippen LogP) is 2.79. The van der Waals surface area contributed by atoms with Crippen LogP contribution in [-0.2, 0) is 21.7 Å². The number of aromatic nitrogens is 1. The minimum Gasteiger partial charge on any atom is -0.440 e. The van der Waals surface area contributed by atoms with Gasteiger partial charge in [-0.1, -0.05) is 18.1 Å². The van der Waals surface area contributed by atoms with Crippen LogP contribution in [-0.4, -0.2) is 24.0 Å². The molecule has 2 aromatic rings. The SMILES string of the molecule is C#CC(C)c1ccc2c(c1C(=O)c1cnco1)CCC21OCCO1. The first-order valence-corrected chi connectivity index (χ1v) is 8.00. The van der Waals surface area contributed by atoms with Gasteiger partial charge in [-0.25, -0.2) is 4.98 Å². The fourth-order valence-corrected chi connectivity index (χ4v) is 3.63. The lowest BCUT2D eigenvalue weighted by Crippen LogP contribution is -2.24. The van der Waals surface area contributed by atoms with E-state index >= 15 is 0 Å². The zero-order chi connectivity index (χ0) is 16.7. The van der Waals surface area contributed by atoms with Gasteiger partial charge in [-0.3, -0.25) is 4.79 Å². The van der Waals surface area contributed by atoms with Crippen molar-refractivity contribution in [1.29, 1.82) is 0 Å². The number of rotatable bonds is 3. The van der Waals surface area contributed by atoms with Gasteiger partial charge in [0.2, 0.25) is 5.78 Å². The molecule has 5 heteroatoms. The summed E-state index contributed by atoms with van der Waals surface area (Å²) in [7, 11) is 0. The molecule has 122 valence electrons. The molecule has 0 bridgehead atoms. The molecule has 1 fully saturated rings. The molecule has 5 nitrogen and oxygen atoms in total. The second kappa shape index (κ2) is 5.59. The number of terminal acetylenes is 1. The zero-order valence-corrected chi connectivity index (χ0v) is 13.4. The van der Waals surface area contributed by atoms with Gasteiger partial charge in [0.05, 0.1) is 19.4 Å². The first kappa shape index (κ1) is 15.1. The summed E-state index contributed by atoms with van der Waals surface area (Å²) in [5.74, 6) is 1.83. The highest BCUT2D eigenvalue weighted by atomic mass is 16.7. The van der Waals surface area contributed by atoms with E-state index in [1.165, 1.54) is 12.6 Å². The molecule has 1 spiro atoms. The second-order valence-corrected chi connectivity index (χ2v) is 6.09. The number of hydrogen-bond donors (Lipinski definition) is 0. The minimum absolute atomic E-state index is 0.181. The Balaban J connectivity index is 1.91. The van der Waals surface area contributed by atoms with E-state index in [1.807, 2.05) is 19.1 Å². The Morgan fingerprint density at radius 1 is 1.38 bits per heavy atom. The number of ketones is 1. The third-order valence-electron chi connectivity index (χ3n) is 4.81. The molecule has 1 aliphatic heterocycles. The van der Waals surface area contributed by atoms with Crippen LogP contribution in [0.2, 0.25) is 0 Å². The van der Waals surface area contributed by atoms with Gasteiger partial charge in [0.1, 0.15) is 0 Å². The van der Waals surface area contributed by atoms with E-state index in [9.17, 15) is 4.79 Å². The largest absolute Gasteiger partial charge is 0.440 e. The number of oxazole rings is 1. The molecule has 24 heavy (non-hydrogen) atoms. The van der Waals surface area contributed by atoms with Gasteiger partial charge in [0.15, 0.2) is 17.9 Å². The first-order valence-electron chi connectivity index (χ1n) is 8.00. The Hall–Kier alpha value is -2.42. The van der Waals surface area contributed by atoms with Crippen LogP contribution >= 0.6 is 0 Å². The van der Waals surface area contributed by atoms with Gasteiger partial charge in [-0.15, -0.1) is 6.42 Å². The average Bonchev–Trinajstić information content (AvgIpc) is 3.36. The van der Waals surface area contributed by atoms with Crippen molar-refractivity contribution in [3.8, 4) is 12.3 Å². The van der Waals surface area contributed by atoms with E-state index in [1.54, 1.807) is 0 Å². The third-order valence-corrected chi connectivity index (χ3v) is 4.81. The van der Waals surface area contributed by atoms with Gasteiger partial charge < -0.3 is 13.9 Å². The quantitative estimate of drug-likeness (QED) is 0.642. The maximum absolute atomic E-state index is 13.0. The van der Waals surface area contributed by atoms with Crippen LogP contribution in [0.4, 0.5) is 0 Å². The molecular formula is C19H17NO4. The molecule has 0 N–H and O–H groups in total. The summed E-state index contributed by atoms with van der Waals surface area (Å²) in [6.45, 7) is 3.03. The van der Waals surface area contributed by atoms with Gasteiger partial charge in [0.25, 0.3) is 0 Å². The molecule has 4 rings (SSSR count). The van der Waals surface area contributed by atoms with Gasteiger partial charge in [-0.2, -0.15) is 0 Å². The van der Waals surface area contributed by atoms with Crippen LogP contribution in [0.5, 0.6) is 0 Å². The van der Waals surface area contributed by atoms with Gasteiger partial charge in [-0.05, 0) is 24.5 Å². The molecular weight excluding hydrogens is 306 g/mol. The van der Waals surface area contributed by atoms with Crippen molar-refractivity contribution >= 4 is 5.78 Å². The molecule has 0 radical (unpaired) electrons.